The summed E-state index contributed by atoms with van der Waals surface area (Å²) in [7, 11) is 1.67. The lowest BCUT2D eigenvalue weighted by atomic mass is 9.97. The number of hydrogen-bond acceptors (Lipinski definition) is 4. The number of nitrogens with two attached hydrogens (primary N) is 1. The molecule has 1 unspecified atom stereocenters. The smallest absolute Gasteiger partial charge is 0.234 e. The lowest BCUT2D eigenvalue weighted by Gasteiger charge is -2.33. The predicted molar refractivity (Wildman–Crippen MR) is 67.7 cm³/mol. The van der Waals surface area contributed by atoms with Crippen LogP contribution in [-0.4, -0.2) is 55.7 Å². The van der Waals surface area contributed by atoms with Crippen LogP contribution < -0.4 is 11.1 Å². The number of rotatable bonds is 5. The van der Waals surface area contributed by atoms with Crippen molar-refractivity contribution < 1.29 is 9.53 Å². The molecule has 0 bridgehead atoms. The number of carbonyl (C=O) groups excluding carboxylic acids is 1. The number of ether oxygens (including phenoxy) is 1. The van der Waals surface area contributed by atoms with Crippen LogP contribution >= 0.6 is 0 Å². The van der Waals surface area contributed by atoms with Crippen molar-refractivity contribution in [3.05, 3.63) is 0 Å². The van der Waals surface area contributed by atoms with Gasteiger partial charge in [0.15, 0.2) is 0 Å². The van der Waals surface area contributed by atoms with E-state index >= 15 is 0 Å². The maximum Gasteiger partial charge on any atom is 0.234 e. The summed E-state index contributed by atoms with van der Waals surface area (Å²) in [6.45, 7) is 7.68. The molecule has 17 heavy (non-hydrogen) atoms. The molecule has 1 saturated heterocycles. The van der Waals surface area contributed by atoms with E-state index in [1.807, 2.05) is 13.8 Å². The molecular formula is C12H25N3O2. The quantitative estimate of drug-likeness (QED) is 0.710. The van der Waals surface area contributed by atoms with Crippen LogP contribution in [0.1, 0.15) is 26.7 Å². The Bertz CT molecular complexity index is 248. The van der Waals surface area contributed by atoms with Gasteiger partial charge < -0.3 is 15.8 Å². The van der Waals surface area contributed by atoms with Crippen LogP contribution in [0.25, 0.3) is 0 Å². The number of hydrogen-bond donors (Lipinski definition) is 2. The number of primary amides is 1. The highest BCUT2D eigenvalue weighted by Crippen LogP contribution is 2.19. The topological polar surface area (TPSA) is 67.6 Å². The SMILES string of the molecule is COC(C)(C)CC(C(N)=O)N1CCCNCC1. The number of nitrogens with one attached hydrogen (secondary N) is 1. The summed E-state index contributed by atoms with van der Waals surface area (Å²) in [5.74, 6) is -0.253. The second-order valence-electron chi connectivity index (χ2n) is 5.23. The molecule has 0 spiro atoms. The van der Waals surface area contributed by atoms with Crippen molar-refractivity contribution in [3.8, 4) is 0 Å². The van der Waals surface area contributed by atoms with Gasteiger partial charge >= 0.3 is 0 Å². The van der Waals surface area contributed by atoms with Crippen LogP contribution in [0.2, 0.25) is 0 Å². The highest BCUT2D eigenvalue weighted by atomic mass is 16.5. The van der Waals surface area contributed by atoms with Crippen LogP contribution in [-0.2, 0) is 9.53 Å². The van der Waals surface area contributed by atoms with Gasteiger partial charge in [-0.3, -0.25) is 9.69 Å². The minimum Gasteiger partial charge on any atom is -0.379 e. The monoisotopic (exact) mass is 243 g/mol. The molecule has 100 valence electrons. The van der Waals surface area contributed by atoms with Crippen molar-refractivity contribution in [3.63, 3.8) is 0 Å². The summed E-state index contributed by atoms with van der Waals surface area (Å²) in [5.41, 5.74) is 5.20. The van der Waals surface area contributed by atoms with Crippen LogP contribution in [0.5, 0.6) is 0 Å². The fraction of sp³-hybridized carbons (Fsp3) is 0.917. The van der Waals surface area contributed by atoms with Crippen LogP contribution in [0, 0.1) is 0 Å². The van der Waals surface area contributed by atoms with Crippen LogP contribution in [0.4, 0.5) is 0 Å². The third-order valence-corrected chi connectivity index (χ3v) is 3.38. The molecule has 1 atom stereocenters. The van der Waals surface area contributed by atoms with E-state index in [2.05, 4.69) is 10.2 Å². The van der Waals surface area contributed by atoms with E-state index in [1.165, 1.54) is 0 Å². The van der Waals surface area contributed by atoms with Gasteiger partial charge in [0.1, 0.15) is 0 Å². The molecule has 1 aliphatic heterocycles. The zero-order chi connectivity index (χ0) is 12.9. The summed E-state index contributed by atoms with van der Waals surface area (Å²) < 4.78 is 5.39. The molecule has 0 aromatic carbocycles. The minimum atomic E-state index is -0.320. The van der Waals surface area contributed by atoms with E-state index in [1.54, 1.807) is 7.11 Å². The van der Waals surface area contributed by atoms with Crippen molar-refractivity contribution >= 4 is 5.91 Å². The van der Waals surface area contributed by atoms with Crippen molar-refractivity contribution in [2.24, 2.45) is 5.73 Å². The van der Waals surface area contributed by atoms with Gasteiger partial charge in [0.25, 0.3) is 0 Å². The molecule has 0 saturated carbocycles. The molecule has 0 aromatic rings. The zero-order valence-electron chi connectivity index (χ0n) is 11.2. The second kappa shape index (κ2) is 6.33. The Kier molecular flexibility index (Phi) is 5.36. The average molecular weight is 243 g/mol. The van der Waals surface area contributed by atoms with Gasteiger partial charge in [0, 0.05) is 33.2 Å². The van der Waals surface area contributed by atoms with E-state index in [4.69, 9.17) is 10.5 Å². The Balaban J connectivity index is 2.67. The van der Waals surface area contributed by atoms with Crippen molar-refractivity contribution in [2.45, 2.75) is 38.3 Å². The third-order valence-electron chi connectivity index (χ3n) is 3.38. The van der Waals surface area contributed by atoms with E-state index in [0.29, 0.717) is 6.42 Å². The Morgan fingerprint density at radius 3 is 2.76 bits per heavy atom. The fourth-order valence-corrected chi connectivity index (χ4v) is 2.14. The highest BCUT2D eigenvalue weighted by molar-refractivity contribution is 5.80. The molecule has 0 aromatic heterocycles. The van der Waals surface area contributed by atoms with E-state index < -0.39 is 0 Å². The molecule has 1 aliphatic rings. The predicted octanol–water partition coefficient (Wildman–Crippen LogP) is -0.0493. The first-order valence-electron chi connectivity index (χ1n) is 6.25. The molecule has 1 fully saturated rings. The normalized spacial score (nSPS) is 20.9. The van der Waals surface area contributed by atoms with Gasteiger partial charge in [0.05, 0.1) is 11.6 Å². The summed E-state index contributed by atoms with van der Waals surface area (Å²) in [5, 5.41) is 3.32. The van der Waals surface area contributed by atoms with E-state index in [9.17, 15) is 4.79 Å². The number of nitrogens with zero attached hydrogens (tertiary/aromatic N) is 1. The largest absolute Gasteiger partial charge is 0.379 e. The fourth-order valence-electron chi connectivity index (χ4n) is 2.14. The molecule has 3 N–H and O–H groups in total. The first kappa shape index (κ1) is 14.4. The maximum absolute atomic E-state index is 11.6. The molecule has 0 radical (unpaired) electrons. The molecule has 1 rings (SSSR count). The first-order chi connectivity index (χ1) is 7.96. The van der Waals surface area contributed by atoms with Crippen molar-refractivity contribution in [1.82, 2.24) is 10.2 Å². The Morgan fingerprint density at radius 1 is 1.47 bits per heavy atom. The van der Waals surface area contributed by atoms with E-state index in [0.717, 1.165) is 32.6 Å². The molecule has 1 heterocycles. The molecule has 5 heteroatoms. The van der Waals surface area contributed by atoms with Crippen LogP contribution in [0.15, 0.2) is 0 Å². The van der Waals surface area contributed by atoms with Crippen molar-refractivity contribution in [2.75, 3.05) is 33.3 Å². The Labute approximate surface area is 104 Å². The van der Waals surface area contributed by atoms with Crippen LogP contribution in [0.3, 0.4) is 0 Å². The zero-order valence-corrected chi connectivity index (χ0v) is 11.2. The summed E-state index contributed by atoms with van der Waals surface area (Å²) in [6.07, 6.45) is 1.69. The third kappa shape index (κ3) is 4.61. The summed E-state index contributed by atoms with van der Waals surface area (Å²) >= 11 is 0. The number of methoxy groups -OCH3 is 1. The van der Waals surface area contributed by atoms with Gasteiger partial charge in [-0.25, -0.2) is 0 Å². The summed E-state index contributed by atoms with van der Waals surface area (Å²) in [6, 6.07) is -0.232. The standard InChI is InChI=1S/C12H25N3O2/c1-12(2,17-3)9-10(11(13)16)15-7-4-5-14-6-8-15/h10,14H,4-9H2,1-3H3,(H2,13,16). The molecule has 1 amide bonds. The lowest BCUT2D eigenvalue weighted by molar-refractivity contribution is -0.126. The number of carbonyl (C=O) groups is 1. The minimum absolute atomic E-state index is 0.232. The molecular weight excluding hydrogens is 218 g/mol. The molecule has 0 aliphatic carbocycles. The van der Waals surface area contributed by atoms with Gasteiger partial charge in [0.2, 0.25) is 5.91 Å². The first-order valence-corrected chi connectivity index (χ1v) is 6.25. The van der Waals surface area contributed by atoms with Crippen molar-refractivity contribution in [1.29, 1.82) is 0 Å². The average Bonchev–Trinajstić information content (AvgIpc) is 2.54. The maximum atomic E-state index is 11.6. The van der Waals surface area contributed by atoms with Gasteiger partial charge in [-0.05, 0) is 26.8 Å². The Hall–Kier alpha value is -0.650. The van der Waals surface area contributed by atoms with Gasteiger partial charge in [-0.1, -0.05) is 0 Å². The number of amides is 1. The summed E-state index contributed by atoms with van der Waals surface area (Å²) in [4.78, 5) is 13.8. The van der Waals surface area contributed by atoms with Gasteiger partial charge in [-0.2, -0.15) is 0 Å². The van der Waals surface area contributed by atoms with Gasteiger partial charge in [-0.15, -0.1) is 0 Å². The van der Waals surface area contributed by atoms with E-state index in [-0.39, 0.29) is 17.6 Å². The molecule has 5 nitrogen and oxygen atoms in total. The highest BCUT2D eigenvalue weighted by Gasteiger charge is 2.31. The lowest BCUT2D eigenvalue weighted by Crippen LogP contribution is -2.49. The Morgan fingerprint density at radius 2 is 2.18 bits per heavy atom. The second-order valence-corrected chi connectivity index (χ2v) is 5.23.